The lowest BCUT2D eigenvalue weighted by Crippen LogP contribution is -2.41. The summed E-state index contributed by atoms with van der Waals surface area (Å²) < 4.78 is 4.72. The molecule has 0 saturated heterocycles. The molecule has 2 rings (SSSR count). The van der Waals surface area contributed by atoms with Crippen molar-refractivity contribution in [3.8, 4) is 0 Å². The normalized spacial score (nSPS) is 25.9. The number of hydrogen-bond acceptors (Lipinski definition) is 3. The molecule has 2 fully saturated rings. The lowest BCUT2D eigenvalue weighted by Gasteiger charge is -2.45. The van der Waals surface area contributed by atoms with Gasteiger partial charge in [0.15, 0.2) is 0 Å². The van der Waals surface area contributed by atoms with Crippen LogP contribution in [0.3, 0.4) is 0 Å². The van der Waals surface area contributed by atoms with Crippen molar-refractivity contribution in [1.29, 1.82) is 0 Å². The SMILES string of the molecule is COC(=O)C1CCC2(CC1)CC(=O)C2. The molecule has 0 aromatic carbocycles. The van der Waals surface area contributed by atoms with E-state index in [0.29, 0.717) is 5.78 Å². The Balaban J connectivity index is 1.86. The van der Waals surface area contributed by atoms with Gasteiger partial charge in [-0.15, -0.1) is 0 Å². The Morgan fingerprint density at radius 2 is 1.93 bits per heavy atom. The van der Waals surface area contributed by atoms with Gasteiger partial charge in [-0.2, -0.15) is 0 Å². The van der Waals surface area contributed by atoms with Crippen LogP contribution in [0.25, 0.3) is 0 Å². The molecular weight excluding hydrogens is 180 g/mol. The molecule has 0 aliphatic heterocycles. The zero-order chi connectivity index (χ0) is 10.2. The lowest BCUT2D eigenvalue weighted by molar-refractivity contribution is -0.149. The Kier molecular flexibility index (Phi) is 2.33. The van der Waals surface area contributed by atoms with Gasteiger partial charge in [-0.3, -0.25) is 9.59 Å². The summed E-state index contributed by atoms with van der Waals surface area (Å²) in [5.41, 5.74) is 0.279. The summed E-state index contributed by atoms with van der Waals surface area (Å²) in [4.78, 5) is 22.2. The van der Waals surface area contributed by atoms with E-state index in [-0.39, 0.29) is 17.3 Å². The largest absolute Gasteiger partial charge is 0.469 e. The number of methoxy groups -OCH3 is 1. The van der Waals surface area contributed by atoms with Crippen LogP contribution < -0.4 is 0 Å². The number of carbonyl (C=O) groups is 2. The summed E-state index contributed by atoms with van der Waals surface area (Å²) in [6.45, 7) is 0. The molecule has 0 N–H and O–H groups in total. The second-order valence-corrected chi connectivity index (χ2v) is 4.69. The minimum absolute atomic E-state index is 0.0782. The highest BCUT2D eigenvalue weighted by molar-refractivity contribution is 5.86. The molecule has 3 heteroatoms. The van der Waals surface area contributed by atoms with Gasteiger partial charge in [0.25, 0.3) is 0 Å². The maximum absolute atomic E-state index is 11.3. The molecule has 0 aromatic heterocycles. The highest BCUT2D eigenvalue weighted by Crippen LogP contribution is 2.50. The fraction of sp³-hybridized carbons (Fsp3) is 0.818. The van der Waals surface area contributed by atoms with Crippen LogP contribution in [0.4, 0.5) is 0 Å². The molecule has 0 heterocycles. The quantitative estimate of drug-likeness (QED) is 0.599. The molecule has 14 heavy (non-hydrogen) atoms. The molecule has 0 amide bonds. The van der Waals surface area contributed by atoms with Gasteiger partial charge < -0.3 is 4.74 Å². The van der Waals surface area contributed by atoms with Crippen molar-refractivity contribution >= 4 is 11.8 Å². The number of hydrogen-bond donors (Lipinski definition) is 0. The topological polar surface area (TPSA) is 43.4 Å². The Hall–Kier alpha value is -0.860. The van der Waals surface area contributed by atoms with Crippen molar-refractivity contribution in [2.24, 2.45) is 11.3 Å². The third-order valence-corrected chi connectivity index (χ3v) is 3.73. The molecular formula is C11H16O3. The standard InChI is InChI=1S/C11H16O3/c1-14-10(13)8-2-4-11(5-3-8)6-9(12)7-11/h8H,2-7H2,1H3. The Bertz CT molecular complexity index is 252. The van der Waals surface area contributed by atoms with Crippen LogP contribution in [0.2, 0.25) is 0 Å². The van der Waals surface area contributed by atoms with E-state index in [1.165, 1.54) is 7.11 Å². The number of Topliss-reactive ketones (excluding diaryl/α,β-unsaturated/α-hetero) is 1. The molecule has 3 nitrogen and oxygen atoms in total. The Morgan fingerprint density at radius 3 is 2.36 bits per heavy atom. The van der Waals surface area contributed by atoms with E-state index in [1.807, 2.05) is 0 Å². The van der Waals surface area contributed by atoms with Gasteiger partial charge in [0.05, 0.1) is 13.0 Å². The molecule has 0 radical (unpaired) electrons. The van der Waals surface area contributed by atoms with Gasteiger partial charge >= 0.3 is 5.97 Å². The van der Waals surface area contributed by atoms with Crippen molar-refractivity contribution in [2.75, 3.05) is 7.11 Å². The van der Waals surface area contributed by atoms with E-state index in [0.717, 1.165) is 38.5 Å². The molecule has 0 unspecified atom stereocenters. The highest BCUT2D eigenvalue weighted by atomic mass is 16.5. The molecule has 2 aliphatic carbocycles. The van der Waals surface area contributed by atoms with Crippen LogP contribution in [0.15, 0.2) is 0 Å². The number of rotatable bonds is 1. The first-order valence-corrected chi connectivity index (χ1v) is 5.25. The zero-order valence-corrected chi connectivity index (χ0v) is 8.54. The van der Waals surface area contributed by atoms with Gasteiger partial charge in [0, 0.05) is 12.8 Å². The molecule has 1 spiro atoms. The lowest BCUT2D eigenvalue weighted by atomic mass is 9.58. The van der Waals surface area contributed by atoms with E-state index >= 15 is 0 Å². The Morgan fingerprint density at radius 1 is 1.36 bits per heavy atom. The molecule has 0 atom stereocenters. The van der Waals surface area contributed by atoms with Gasteiger partial charge in [-0.05, 0) is 31.1 Å². The summed E-state index contributed by atoms with van der Waals surface area (Å²) in [7, 11) is 1.44. The average Bonchev–Trinajstić information content (AvgIpc) is 2.16. The predicted octanol–water partition coefficient (Wildman–Crippen LogP) is 1.70. The monoisotopic (exact) mass is 196 g/mol. The van der Waals surface area contributed by atoms with Crippen molar-refractivity contribution < 1.29 is 14.3 Å². The van der Waals surface area contributed by atoms with E-state index in [4.69, 9.17) is 4.74 Å². The van der Waals surface area contributed by atoms with Crippen LogP contribution in [0.1, 0.15) is 38.5 Å². The minimum atomic E-state index is -0.0782. The summed E-state index contributed by atoms with van der Waals surface area (Å²) in [5, 5.41) is 0. The second kappa shape index (κ2) is 3.37. The predicted molar refractivity (Wildman–Crippen MR) is 50.6 cm³/mol. The first-order valence-electron chi connectivity index (χ1n) is 5.25. The van der Waals surface area contributed by atoms with Crippen LogP contribution in [-0.4, -0.2) is 18.9 Å². The number of ether oxygens (including phenoxy) is 1. The summed E-state index contributed by atoms with van der Waals surface area (Å²) in [5.74, 6) is 0.397. The van der Waals surface area contributed by atoms with Gasteiger partial charge in [-0.1, -0.05) is 0 Å². The maximum atomic E-state index is 11.3. The molecule has 0 bridgehead atoms. The molecule has 2 saturated carbocycles. The summed E-state index contributed by atoms with van der Waals surface area (Å²) in [6, 6.07) is 0. The fourth-order valence-electron chi connectivity index (χ4n) is 2.77. The van der Waals surface area contributed by atoms with Crippen LogP contribution >= 0.6 is 0 Å². The summed E-state index contributed by atoms with van der Waals surface area (Å²) in [6.07, 6.45) is 5.36. The smallest absolute Gasteiger partial charge is 0.308 e. The van der Waals surface area contributed by atoms with Gasteiger partial charge in [0.2, 0.25) is 0 Å². The van der Waals surface area contributed by atoms with Crippen molar-refractivity contribution in [3.05, 3.63) is 0 Å². The van der Waals surface area contributed by atoms with E-state index in [9.17, 15) is 9.59 Å². The summed E-state index contributed by atoms with van der Waals surface area (Å²) >= 11 is 0. The first-order chi connectivity index (χ1) is 6.65. The average molecular weight is 196 g/mol. The van der Waals surface area contributed by atoms with Crippen LogP contribution in [0.5, 0.6) is 0 Å². The van der Waals surface area contributed by atoms with Crippen LogP contribution in [0, 0.1) is 11.3 Å². The second-order valence-electron chi connectivity index (χ2n) is 4.69. The maximum Gasteiger partial charge on any atom is 0.308 e. The fourth-order valence-corrected chi connectivity index (χ4v) is 2.77. The van der Waals surface area contributed by atoms with Crippen molar-refractivity contribution in [2.45, 2.75) is 38.5 Å². The van der Waals surface area contributed by atoms with Crippen molar-refractivity contribution in [3.63, 3.8) is 0 Å². The van der Waals surface area contributed by atoms with Gasteiger partial charge in [-0.25, -0.2) is 0 Å². The Labute approximate surface area is 83.8 Å². The first kappa shape index (κ1) is 9.69. The number of carbonyl (C=O) groups excluding carboxylic acids is 2. The minimum Gasteiger partial charge on any atom is -0.469 e. The van der Waals surface area contributed by atoms with E-state index < -0.39 is 0 Å². The molecule has 0 aromatic rings. The number of ketones is 1. The third kappa shape index (κ3) is 1.56. The van der Waals surface area contributed by atoms with E-state index in [2.05, 4.69) is 0 Å². The van der Waals surface area contributed by atoms with Crippen LogP contribution in [-0.2, 0) is 14.3 Å². The van der Waals surface area contributed by atoms with E-state index in [1.54, 1.807) is 0 Å². The molecule has 2 aliphatic rings. The van der Waals surface area contributed by atoms with Gasteiger partial charge in [0.1, 0.15) is 5.78 Å². The highest BCUT2D eigenvalue weighted by Gasteiger charge is 2.46. The number of esters is 1. The zero-order valence-electron chi connectivity index (χ0n) is 8.54. The third-order valence-electron chi connectivity index (χ3n) is 3.73. The van der Waals surface area contributed by atoms with Crippen molar-refractivity contribution in [1.82, 2.24) is 0 Å². The molecule has 78 valence electrons.